The zero-order valence-electron chi connectivity index (χ0n) is 10.6. The second kappa shape index (κ2) is 4.97. The SMILES string of the molecule is CCC1(c2ccc(C)c(C)c2)OCC(CCl)O1. The van der Waals surface area contributed by atoms with E-state index in [-0.39, 0.29) is 6.10 Å². The monoisotopic (exact) mass is 254 g/mol. The molecule has 1 fully saturated rings. The van der Waals surface area contributed by atoms with Crippen molar-refractivity contribution in [3.05, 3.63) is 34.9 Å². The Hall–Kier alpha value is -0.570. The van der Waals surface area contributed by atoms with Crippen LogP contribution in [0.25, 0.3) is 0 Å². The number of aryl methyl sites for hydroxylation is 2. The van der Waals surface area contributed by atoms with E-state index in [9.17, 15) is 0 Å². The van der Waals surface area contributed by atoms with Crippen LogP contribution in [0.1, 0.15) is 30.0 Å². The Bertz CT molecular complexity index is 405. The summed E-state index contributed by atoms with van der Waals surface area (Å²) in [5.74, 6) is -0.120. The van der Waals surface area contributed by atoms with Gasteiger partial charge in [0.05, 0.1) is 18.6 Å². The molecule has 0 bridgehead atoms. The van der Waals surface area contributed by atoms with Crippen molar-refractivity contribution in [2.45, 2.75) is 39.1 Å². The van der Waals surface area contributed by atoms with Gasteiger partial charge in [0.15, 0.2) is 5.79 Å². The number of alkyl halides is 1. The summed E-state index contributed by atoms with van der Waals surface area (Å²) in [5.41, 5.74) is 3.64. The molecule has 1 aliphatic rings. The summed E-state index contributed by atoms with van der Waals surface area (Å²) in [6.45, 7) is 6.86. The standard InChI is InChI=1S/C14H19ClO2/c1-4-14(16-9-13(8-15)17-14)12-6-5-10(2)11(3)7-12/h5-7,13H,4,8-9H2,1-3H3. The lowest BCUT2D eigenvalue weighted by Crippen LogP contribution is -2.27. The molecule has 2 unspecified atom stereocenters. The summed E-state index contributed by atoms with van der Waals surface area (Å²) >= 11 is 5.83. The maximum atomic E-state index is 5.97. The first kappa shape index (κ1) is 12.9. The van der Waals surface area contributed by atoms with Crippen LogP contribution in [-0.2, 0) is 15.3 Å². The Balaban J connectivity index is 2.32. The zero-order chi connectivity index (χ0) is 12.5. The van der Waals surface area contributed by atoms with E-state index in [4.69, 9.17) is 21.1 Å². The lowest BCUT2D eigenvalue weighted by atomic mass is 9.98. The predicted molar refractivity (Wildman–Crippen MR) is 69.4 cm³/mol. The van der Waals surface area contributed by atoms with Gasteiger partial charge < -0.3 is 9.47 Å². The Kier molecular flexibility index (Phi) is 3.76. The van der Waals surface area contributed by atoms with Crippen molar-refractivity contribution in [3.8, 4) is 0 Å². The lowest BCUT2D eigenvalue weighted by Gasteiger charge is -2.27. The number of ether oxygens (including phenoxy) is 2. The molecular formula is C14H19ClO2. The van der Waals surface area contributed by atoms with Crippen molar-refractivity contribution in [2.75, 3.05) is 12.5 Å². The van der Waals surface area contributed by atoms with Gasteiger partial charge in [-0.05, 0) is 25.0 Å². The van der Waals surface area contributed by atoms with E-state index in [1.807, 2.05) is 0 Å². The first-order valence-electron chi connectivity index (χ1n) is 6.07. The Labute approximate surface area is 108 Å². The van der Waals surface area contributed by atoms with Gasteiger partial charge >= 0.3 is 0 Å². The molecule has 2 rings (SSSR count). The van der Waals surface area contributed by atoms with E-state index in [0.29, 0.717) is 12.5 Å². The molecule has 1 aliphatic heterocycles. The van der Waals surface area contributed by atoms with Crippen molar-refractivity contribution in [1.29, 1.82) is 0 Å². The highest BCUT2D eigenvalue weighted by atomic mass is 35.5. The highest BCUT2D eigenvalue weighted by Crippen LogP contribution is 2.38. The number of hydrogen-bond donors (Lipinski definition) is 0. The highest BCUT2D eigenvalue weighted by Gasteiger charge is 2.41. The largest absolute Gasteiger partial charge is 0.343 e. The van der Waals surface area contributed by atoms with Crippen molar-refractivity contribution in [1.82, 2.24) is 0 Å². The minimum atomic E-state index is -0.599. The third-order valence-electron chi connectivity index (χ3n) is 3.44. The lowest BCUT2D eigenvalue weighted by molar-refractivity contribution is -0.176. The molecule has 0 saturated carbocycles. The van der Waals surface area contributed by atoms with Crippen LogP contribution in [0.2, 0.25) is 0 Å². The van der Waals surface area contributed by atoms with E-state index in [1.165, 1.54) is 11.1 Å². The van der Waals surface area contributed by atoms with Crippen molar-refractivity contribution in [3.63, 3.8) is 0 Å². The van der Waals surface area contributed by atoms with Gasteiger partial charge in [-0.15, -0.1) is 11.6 Å². The summed E-state index contributed by atoms with van der Waals surface area (Å²) in [6.07, 6.45) is 0.793. The van der Waals surface area contributed by atoms with Crippen LogP contribution in [0.4, 0.5) is 0 Å². The van der Waals surface area contributed by atoms with Crippen molar-refractivity contribution < 1.29 is 9.47 Å². The zero-order valence-corrected chi connectivity index (χ0v) is 11.4. The fraction of sp³-hybridized carbons (Fsp3) is 0.571. The maximum Gasteiger partial charge on any atom is 0.195 e. The molecule has 0 amide bonds. The van der Waals surface area contributed by atoms with Gasteiger partial charge in [-0.3, -0.25) is 0 Å². The Morgan fingerprint density at radius 1 is 1.35 bits per heavy atom. The van der Waals surface area contributed by atoms with Crippen LogP contribution in [0, 0.1) is 13.8 Å². The average molecular weight is 255 g/mol. The molecular weight excluding hydrogens is 236 g/mol. The van der Waals surface area contributed by atoms with Crippen molar-refractivity contribution in [2.24, 2.45) is 0 Å². The molecule has 3 heteroatoms. The maximum absolute atomic E-state index is 5.97. The second-order valence-corrected chi connectivity index (χ2v) is 4.92. The van der Waals surface area contributed by atoms with Crippen LogP contribution < -0.4 is 0 Å². The fourth-order valence-electron chi connectivity index (χ4n) is 2.16. The number of hydrogen-bond acceptors (Lipinski definition) is 2. The first-order valence-corrected chi connectivity index (χ1v) is 6.60. The average Bonchev–Trinajstić information content (AvgIpc) is 2.77. The van der Waals surface area contributed by atoms with Gasteiger partial charge in [-0.25, -0.2) is 0 Å². The smallest absolute Gasteiger partial charge is 0.195 e. The molecule has 0 spiro atoms. The molecule has 2 nitrogen and oxygen atoms in total. The number of rotatable bonds is 3. The second-order valence-electron chi connectivity index (χ2n) is 4.61. The van der Waals surface area contributed by atoms with E-state index in [2.05, 4.69) is 39.0 Å². The number of benzene rings is 1. The van der Waals surface area contributed by atoms with Crippen LogP contribution in [0.5, 0.6) is 0 Å². The van der Waals surface area contributed by atoms with Crippen molar-refractivity contribution >= 4 is 11.6 Å². The summed E-state index contributed by atoms with van der Waals surface area (Å²) in [6, 6.07) is 6.35. The third kappa shape index (κ3) is 2.35. The fourth-order valence-corrected chi connectivity index (χ4v) is 2.31. The molecule has 94 valence electrons. The van der Waals surface area contributed by atoms with Crippen LogP contribution >= 0.6 is 11.6 Å². The molecule has 0 aliphatic carbocycles. The van der Waals surface area contributed by atoms with E-state index >= 15 is 0 Å². The normalized spacial score (nSPS) is 28.6. The summed E-state index contributed by atoms with van der Waals surface area (Å²) in [7, 11) is 0. The molecule has 1 heterocycles. The molecule has 17 heavy (non-hydrogen) atoms. The Morgan fingerprint density at radius 3 is 2.65 bits per heavy atom. The van der Waals surface area contributed by atoms with Gasteiger partial charge in [0, 0.05) is 12.0 Å². The van der Waals surface area contributed by atoms with Gasteiger partial charge in [0.25, 0.3) is 0 Å². The molecule has 1 aromatic rings. The Morgan fingerprint density at radius 2 is 2.12 bits per heavy atom. The van der Waals surface area contributed by atoms with E-state index < -0.39 is 5.79 Å². The van der Waals surface area contributed by atoms with Gasteiger partial charge in [0.1, 0.15) is 0 Å². The first-order chi connectivity index (χ1) is 8.11. The molecule has 0 N–H and O–H groups in total. The summed E-state index contributed by atoms with van der Waals surface area (Å²) < 4.78 is 11.8. The molecule has 0 aromatic heterocycles. The van der Waals surface area contributed by atoms with E-state index in [1.54, 1.807) is 0 Å². The van der Waals surface area contributed by atoms with Crippen LogP contribution in [0.3, 0.4) is 0 Å². The molecule has 2 atom stereocenters. The summed E-state index contributed by atoms with van der Waals surface area (Å²) in [5, 5.41) is 0. The van der Waals surface area contributed by atoms with Crippen LogP contribution in [0.15, 0.2) is 18.2 Å². The van der Waals surface area contributed by atoms with Crippen LogP contribution in [-0.4, -0.2) is 18.6 Å². The van der Waals surface area contributed by atoms with E-state index in [0.717, 1.165) is 12.0 Å². The molecule has 1 saturated heterocycles. The minimum absolute atomic E-state index is 0.00164. The third-order valence-corrected chi connectivity index (χ3v) is 3.79. The van der Waals surface area contributed by atoms with Gasteiger partial charge in [0.2, 0.25) is 0 Å². The predicted octanol–water partition coefficient (Wildman–Crippen LogP) is 3.52. The molecule has 0 radical (unpaired) electrons. The minimum Gasteiger partial charge on any atom is -0.343 e. The van der Waals surface area contributed by atoms with Gasteiger partial charge in [-0.1, -0.05) is 25.1 Å². The topological polar surface area (TPSA) is 18.5 Å². The molecule has 1 aromatic carbocycles. The van der Waals surface area contributed by atoms with Gasteiger partial charge in [-0.2, -0.15) is 0 Å². The highest BCUT2D eigenvalue weighted by molar-refractivity contribution is 6.18. The number of halogens is 1. The quantitative estimate of drug-likeness (QED) is 0.769. The summed E-state index contributed by atoms with van der Waals surface area (Å²) in [4.78, 5) is 0.